The van der Waals surface area contributed by atoms with Gasteiger partial charge >= 0.3 is 0 Å². The average molecular weight is 422 g/mol. The molecule has 0 bridgehead atoms. The number of rotatable bonds is 2. The van der Waals surface area contributed by atoms with Crippen LogP contribution in [0.15, 0.2) is 85.1 Å². The Kier molecular flexibility index (Phi) is 4.95. The van der Waals surface area contributed by atoms with Gasteiger partial charge in [-0.15, -0.1) is 0 Å². The molecule has 3 heteroatoms. The molecule has 0 atom stereocenters. The maximum Gasteiger partial charge on any atom is 0.183 e. The Hall–Kier alpha value is -2.29. The first-order chi connectivity index (χ1) is 12.8. The van der Waals surface area contributed by atoms with Crippen LogP contribution >= 0.6 is 0 Å². The Balaban J connectivity index is 0.00000180. The Labute approximate surface area is 184 Å². The number of aryl methyl sites for hydroxylation is 1. The largest absolute Gasteiger partial charge is 0.378 e. The molecule has 0 aliphatic carbocycles. The zero-order chi connectivity index (χ0) is 17.5. The summed E-state index contributed by atoms with van der Waals surface area (Å²) in [5, 5.41) is 5.03. The van der Waals surface area contributed by atoms with E-state index in [2.05, 4.69) is 89.1 Å². The second kappa shape index (κ2) is 7.38. The van der Waals surface area contributed by atoms with E-state index in [0.717, 1.165) is 17.1 Å². The minimum atomic E-state index is 0. The normalized spacial score (nSPS) is 10.9. The van der Waals surface area contributed by atoms with Crippen LogP contribution in [0.2, 0.25) is 0 Å². The number of para-hydroxylation sites is 1. The van der Waals surface area contributed by atoms with Crippen LogP contribution in [0.1, 0.15) is 0 Å². The Morgan fingerprint density at radius 3 is 2.22 bits per heavy atom. The maximum absolute atomic E-state index is 3.31. The molecule has 5 aromatic rings. The molecule has 1 heterocycles. The van der Waals surface area contributed by atoms with E-state index in [-0.39, 0.29) is 32.7 Å². The number of fused-ring (bicyclic) bond motifs is 2. The molecule has 127 valence electrons. The van der Waals surface area contributed by atoms with Gasteiger partial charge in [-0.25, -0.2) is 6.07 Å². The fourth-order valence-electron chi connectivity index (χ4n) is 3.54. The molecule has 0 aliphatic heterocycles. The molecule has 27 heavy (non-hydrogen) atoms. The van der Waals surface area contributed by atoms with Crippen LogP contribution in [0, 0.1) is 12.3 Å². The van der Waals surface area contributed by atoms with Crippen molar-refractivity contribution in [3.8, 4) is 17.1 Å². The maximum atomic E-state index is 3.31. The van der Waals surface area contributed by atoms with Crippen molar-refractivity contribution >= 4 is 21.5 Å². The van der Waals surface area contributed by atoms with E-state index in [0.29, 0.717) is 0 Å². The van der Waals surface area contributed by atoms with Gasteiger partial charge in [-0.1, -0.05) is 48.2 Å². The quantitative estimate of drug-likeness (QED) is 0.218. The summed E-state index contributed by atoms with van der Waals surface area (Å²) in [4.78, 5) is 0. The molecule has 2 nitrogen and oxygen atoms in total. The molecule has 0 N–H and O–H groups in total. The molecular formula is C24H17N2Y-. The van der Waals surface area contributed by atoms with Crippen molar-refractivity contribution in [2.75, 3.05) is 0 Å². The molecule has 1 aromatic heterocycles. The van der Waals surface area contributed by atoms with Gasteiger partial charge in [0, 0.05) is 38.3 Å². The van der Waals surface area contributed by atoms with Gasteiger partial charge < -0.3 is 4.57 Å². The molecule has 0 saturated heterocycles. The SMILES string of the molecule is Cn1c[c-][n+](-c2[c-]cccc2)c1-c1ccc2cc3ccccc3cc2c1.[Y]. The molecule has 0 aliphatic rings. The van der Waals surface area contributed by atoms with E-state index in [1.807, 2.05) is 24.4 Å². The molecule has 1 radical (unpaired) electrons. The van der Waals surface area contributed by atoms with E-state index in [4.69, 9.17) is 0 Å². The van der Waals surface area contributed by atoms with E-state index in [1.165, 1.54) is 21.5 Å². The summed E-state index contributed by atoms with van der Waals surface area (Å²) in [7, 11) is 2.05. The third-order valence-electron chi connectivity index (χ3n) is 4.82. The Bertz CT molecular complexity index is 1240. The first kappa shape index (κ1) is 18.1. The van der Waals surface area contributed by atoms with Gasteiger partial charge in [-0.3, -0.25) is 4.57 Å². The zero-order valence-electron chi connectivity index (χ0n) is 15.1. The van der Waals surface area contributed by atoms with E-state index in [1.54, 1.807) is 0 Å². The third kappa shape index (κ3) is 3.24. The number of benzene rings is 4. The number of hydrogen-bond acceptors (Lipinski definition) is 0. The molecule has 5 rings (SSSR count). The van der Waals surface area contributed by atoms with Crippen molar-refractivity contribution in [1.82, 2.24) is 4.57 Å². The van der Waals surface area contributed by atoms with Gasteiger partial charge in [0.15, 0.2) is 5.82 Å². The summed E-state index contributed by atoms with van der Waals surface area (Å²) in [6, 6.07) is 30.9. The number of nitrogens with zero attached hydrogens (tertiary/aromatic N) is 2. The minimum Gasteiger partial charge on any atom is -0.378 e. The van der Waals surface area contributed by atoms with Crippen molar-refractivity contribution in [3.63, 3.8) is 0 Å². The van der Waals surface area contributed by atoms with Crippen LogP contribution in [0.5, 0.6) is 0 Å². The second-order valence-corrected chi connectivity index (χ2v) is 6.54. The molecule has 0 amide bonds. The van der Waals surface area contributed by atoms with Crippen LogP contribution in [-0.2, 0) is 39.8 Å². The third-order valence-corrected chi connectivity index (χ3v) is 4.82. The standard InChI is InChI=1S/C24H17N2.Y/c1-25-13-14-26(23-9-3-2-4-10-23)24(25)21-12-11-20-15-18-7-5-6-8-19(18)16-22(20)17-21;/h2-9,11-13,15-17H,1H3;/q-1;. The fourth-order valence-corrected chi connectivity index (χ4v) is 3.54. The smallest absolute Gasteiger partial charge is 0.183 e. The van der Waals surface area contributed by atoms with E-state index in [9.17, 15) is 0 Å². The molecular weight excluding hydrogens is 405 g/mol. The van der Waals surface area contributed by atoms with Gasteiger partial charge in [0.2, 0.25) is 0 Å². The number of aromatic nitrogens is 2. The summed E-state index contributed by atoms with van der Waals surface area (Å²) >= 11 is 0. The zero-order valence-corrected chi connectivity index (χ0v) is 17.9. The van der Waals surface area contributed by atoms with Crippen molar-refractivity contribution in [3.05, 3.63) is 97.3 Å². The van der Waals surface area contributed by atoms with Gasteiger partial charge in [0.1, 0.15) is 0 Å². The first-order valence-corrected chi connectivity index (χ1v) is 8.69. The van der Waals surface area contributed by atoms with E-state index >= 15 is 0 Å². The summed E-state index contributed by atoms with van der Waals surface area (Å²) in [5.74, 6) is 1.09. The van der Waals surface area contributed by atoms with Gasteiger partial charge in [-0.05, 0) is 33.7 Å². The van der Waals surface area contributed by atoms with Crippen molar-refractivity contribution in [2.24, 2.45) is 7.05 Å². The summed E-state index contributed by atoms with van der Waals surface area (Å²) in [6.45, 7) is 0. The first-order valence-electron chi connectivity index (χ1n) is 8.69. The Morgan fingerprint density at radius 1 is 0.778 bits per heavy atom. The summed E-state index contributed by atoms with van der Waals surface area (Å²) < 4.78 is 4.16. The second-order valence-electron chi connectivity index (χ2n) is 6.54. The fraction of sp³-hybridized carbons (Fsp3) is 0.0417. The molecule has 0 fully saturated rings. The number of imidazole rings is 1. The summed E-state index contributed by atoms with van der Waals surface area (Å²) in [6.07, 6.45) is 5.27. The predicted octanol–water partition coefficient (Wildman–Crippen LogP) is 4.87. The molecule has 4 aromatic carbocycles. The van der Waals surface area contributed by atoms with Crippen molar-refractivity contribution in [1.29, 1.82) is 0 Å². The predicted molar refractivity (Wildman–Crippen MR) is 105 cm³/mol. The van der Waals surface area contributed by atoms with Gasteiger partial charge in [0.05, 0.1) is 19.4 Å². The molecule has 0 saturated carbocycles. The minimum absolute atomic E-state index is 0. The van der Waals surface area contributed by atoms with Crippen LogP contribution < -0.4 is 4.57 Å². The number of hydrogen-bond donors (Lipinski definition) is 0. The van der Waals surface area contributed by atoms with E-state index < -0.39 is 0 Å². The van der Waals surface area contributed by atoms with Crippen LogP contribution in [0.4, 0.5) is 0 Å². The van der Waals surface area contributed by atoms with Crippen LogP contribution in [0.3, 0.4) is 0 Å². The van der Waals surface area contributed by atoms with Crippen LogP contribution in [-0.4, -0.2) is 4.57 Å². The summed E-state index contributed by atoms with van der Waals surface area (Å²) in [5.41, 5.74) is 2.15. The van der Waals surface area contributed by atoms with Crippen molar-refractivity contribution in [2.45, 2.75) is 0 Å². The molecule has 0 spiro atoms. The topological polar surface area (TPSA) is 8.81 Å². The van der Waals surface area contributed by atoms with Gasteiger partial charge in [-0.2, -0.15) is 24.3 Å². The van der Waals surface area contributed by atoms with Crippen molar-refractivity contribution < 1.29 is 37.3 Å². The molecule has 0 unspecified atom stereocenters. The van der Waals surface area contributed by atoms with Gasteiger partial charge in [0.25, 0.3) is 0 Å². The monoisotopic (exact) mass is 422 g/mol. The average Bonchev–Trinajstić information content (AvgIpc) is 3.08. The Morgan fingerprint density at radius 2 is 1.48 bits per heavy atom. The van der Waals surface area contributed by atoms with Crippen LogP contribution in [0.25, 0.3) is 38.6 Å².